The molecule has 0 atom stereocenters. The maximum absolute atomic E-state index is 12.6. The van der Waals surface area contributed by atoms with Crippen LogP contribution in [0.2, 0.25) is 0 Å². The third-order valence-electron chi connectivity index (χ3n) is 4.14. The molecule has 0 saturated carbocycles. The van der Waals surface area contributed by atoms with E-state index in [4.69, 9.17) is 9.15 Å². The number of hydrogen-bond acceptors (Lipinski definition) is 5. The van der Waals surface area contributed by atoms with E-state index >= 15 is 0 Å². The number of benzene rings is 2. The highest BCUT2D eigenvalue weighted by Crippen LogP contribution is 2.22. The molecule has 0 aliphatic heterocycles. The van der Waals surface area contributed by atoms with Crippen LogP contribution in [0.1, 0.15) is 20.3 Å². The van der Waals surface area contributed by atoms with Gasteiger partial charge in [0.1, 0.15) is 16.9 Å². The van der Waals surface area contributed by atoms with Crippen molar-refractivity contribution < 1.29 is 14.3 Å². The Kier molecular flexibility index (Phi) is 5.06. The van der Waals surface area contributed by atoms with E-state index < -0.39 is 0 Å². The van der Waals surface area contributed by atoms with Crippen molar-refractivity contribution in [2.75, 3.05) is 19.8 Å². The van der Waals surface area contributed by atoms with Crippen molar-refractivity contribution in [2.45, 2.75) is 25.8 Å². The number of para-hydroxylation sites is 1. The smallest absolute Gasteiger partial charge is 0.200 e. The highest BCUT2D eigenvalue weighted by Gasteiger charge is 2.14. The second-order valence-electron chi connectivity index (χ2n) is 6.76. The number of hydrogen-bond donors (Lipinski definition) is 2. The fraction of sp³-hybridized carbons (Fsp3) is 0.350. The summed E-state index contributed by atoms with van der Waals surface area (Å²) in [5.74, 6) is 0.650. The summed E-state index contributed by atoms with van der Waals surface area (Å²) in [6.07, 6.45) is 0.799. The molecule has 3 aromatic rings. The summed E-state index contributed by atoms with van der Waals surface area (Å²) in [6, 6.07) is 12.5. The van der Waals surface area contributed by atoms with Gasteiger partial charge in [0, 0.05) is 5.54 Å². The highest BCUT2D eigenvalue weighted by molar-refractivity contribution is 5.90. The van der Waals surface area contributed by atoms with E-state index in [9.17, 15) is 9.90 Å². The standard InChI is InChI=1S/C20H23NO4/c1-20(2,13-22)21-10-5-11-24-14-8-9-18-16(12-14)19(23)15-6-3-4-7-17(15)25-18/h3-4,6-9,12,21-22H,5,10-11,13H2,1-2H3. The van der Waals surface area contributed by atoms with Gasteiger partial charge in [-0.05, 0) is 57.1 Å². The summed E-state index contributed by atoms with van der Waals surface area (Å²) < 4.78 is 11.5. The quantitative estimate of drug-likeness (QED) is 0.510. The lowest BCUT2D eigenvalue weighted by Crippen LogP contribution is -2.43. The molecule has 5 heteroatoms. The van der Waals surface area contributed by atoms with Crippen LogP contribution >= 0.6 is 0 Å². The largest absolute Gasteiger partial charge is 0.494 e. The summed E-state index contributed by atoms with van der Waals surface area (Å²) in [7, 11) is 0. The zero-order chi connectivity index (χ0) is 17.9. The monoisotopic (exact) mass is 341 g/mol. The predicted octanol–water partition coefficient (Wildman–Crippen LogP) is 3.08. The zero-order valence-electron chi connectivity index (χ0n) is 14.5. The van der Waals surface area contributed by atoms with E-state index in [2.05, 4.69) is 5.32 Å². The molecule has 0 unspecified atom stereocenters. The second kappa shape index (κ2) is 7.25. The summed E-state index contributed by atoms with van der Waals surface area (Å²) in [6.45, 7) is 5.25. The van der Waals surface area contributed by atoms with E-state index in [0.717, 1.165) is 13.0 Å². The third kappa shape index (κ3) is 4.00. The van der Waals surface area contributed by atoms with Gasteiger partial charge >= 0.3 is 0 Å². The molecule has 3 rings (SSSR count). The number of ether oxygens (including phenoxy) is 1. The van der Waals surface area contributed by atoms with Gasteiger partial charge in [-0.3, -0.25) is 4.79 Å². The number of nitrogens with one attached hydrogen (secondary N) is 1. The first-order valence-electron chi connectivity index (χ1n) is 8.44. The van der Waals surface area contributed by atoms with Gasteiger partial charge in [-0.1, -0.05) is 12.1 Å². The predicted molar refractivity (Wildman–Crippen MR) is 99.3 cm³/mol. The normalized spacial score (nSPS) is 12.0. The summed E-state index contributed by atoms with van der Waals surface area (Å²) in [5.41, 5.74) is 0.811. The lowest BCUT2D eigenvalue weighted by molar-refractivity contribution is 0.185. The summed E-state index contributed by atoms with van der Waals surface area (Å²) in [5, 5.41) is 13.6. The summed E-state index contributed by atoms with van der Waals surface area (Å²) in [4.78, 5) is 12.6. The van der Waals surface area contributed by atoms with Crippen LogP contribution in [0, 0.1) is 0 Å². The van der Waals surface area contributed by atoms with Crippen molar-refractivity contribution in [1.29, 1.82) is 0 Å². The lowest BCUT2D eigenvalue weighted by atomic mass is 10.1. The minimum absolute atomic E-state index is 0.0475. The fourth-order valence-corrected chi connectivity index (χ4v) is 2.62. The molecule has 0 radical (unpaired) electrons. The van der Waals surface area contributed by atoms with Gasteiger partial charge in [-0.15, -0.1) is 0 Å². The molecule has 0 aliphatic rings. The average Bonchev–Trinajstić information content (AvgIpc) is 2.62. The van der Waals surface area contributed by atoms with Gasteiger partial charge in [0.2, 0.25) is 5.43 Å². The number of fused-ring (bicyclic) bond motifs is 2. The fourth-order valence-electron chi connectivity index (χ4n) is 2.62. The van der Waals surface area contributed by atoms with Crippen LogP contribution in [0.3, 0.4) is 0 Å². The Morgan fingerprint density at radius 2 is 1.88 bits per heavy atom. The van der Waals surface area contributed by atoms with Crippen LogP contribution < -0.4 is 15.5 Å². The Hall–Kier alpha value is -2.37. The Balaban J connectivity index is 1.70. The van der Waals surface area contributed by atoms with Crippen molar-refractivity contribution in [1.82, 2.24) is 5.32 Å². The van der Waals surface area contributed by atoms with Crippen LogP contribution in [-0.2, 0) is 0 Å². The van der Waals surface area contributed by atoms with Gasteiger partial charge < -0.3 is 19.6 Å². The Morgan fingerprint density at radius 1 is 1.12 bits per heavy atom. The maximum atomic E-state index is 12.6. The van der Waals surface area contributed by atoms with E-state index in [1.165, 1.54) is 0 Å². The zero-order valence-corrected chi connectivity index (χ0v) is 14.5. The van der Waals surface area contributed by atoms with Crippen LogP contribution in [0.15, 0.2) is 51.7 Å². The van der Waals surface area contributed by atoms with Crippen LogP contribution in [-0.4, -0.2) is 30.4 Å². The molecule has 25 heavy (non-hydrogen) atoms. The topological polar surface area (TPSA) is 71.7 Å². The minimum atomic E-state index is -0.289. The van der Waals surface area contributed by atoms with Gasteiger partial charge in [0.25, 0.3) is 0 Å². The van der Waals surface area contributed by atoms with Crippen molar-refractivity contribution in [2.24, 2.45) is 0 Å². The molecule has 5 nitrogen and oxygen atoms in total. The first kappa shape index (κ1) is 17.5. The van der Waals surface area contributed by atoms with Gasteiger partial charge in [0.15, 0.2) is 0 Å². The Morgan fingerprint density at radius 3 is 2.68 bits per heavy atom. The first-order valence-corrected chi connectivity index (χ1v) is 8.44. The van der Waals surface area contributed by atoms with E-state index in [1.807, 2.05) is 32.0 Å². The van der Waals surface area contributed by atoms with Crippen molar-refractivity contribution in [3.8, 4) is 5.75 Å². The molecular formula is C20H23NO4. The SMILES string of the molecule is CC(C)(CO)NCCCOc1ccc2oc3ccccc3c(=O)c2c1. The minimum Gasteiger partial charge on any atom is -0.494 e. The van der Waals surface area contributed by atoms with E-state index in [0.29, 0.717) is 34.3 Å². The highest BCUT2D eigenvalue weighted by atomic mass is 16.5. The Labute approximate surface area is 146 Å². The molecule has 0 aliphatic carbocycles. The first-order chi connectivity index (χ1) is 12.0. The molecule has 132 valence electrons. The van der Waals surface area contributed by atoms with Crippen LogP contribution in [0.5, 0.6) is 5.75 Å². The average molecular weight is 341 g/mol. The number of aliphatic hydroxyl groups is 1. The van der Waals surface area contributed by atoms with Gasteiger partial charge in [0.05, 0.1) is 24.0 Å². The lowest BCUT2D eigenvalue weighted by Gasteiger charge is -2.23. The van der Waals surface area contributed by atoms with Gasteiger partial charge in [-0.25, -0.2) is 0 Å². The molecule has 1 heterocycles. The molecule has 0 amide bonds. The molecular weight excluding hydrogens is 318 g/mol. The molecule has 0 bridgehead atoms. The molecule has 0 spiro atoms. The molecule has 1 aromatic heterocycles. The van der Waals surface area contributed by atoms with Crippen LogP contribution in [0.25, 0.3) is 21.9 Å². The van der Waals surface area contributed by atoms with Crippen molar-refractivity contribution in [3.63, 3.8) is 0 Å². The third-order valence-corrected chi connectivity index (χ3v) is 4.14. The number of aliphatic hydroxyl groups excluding tert-OH is 1. The Bertz CT molecular complexity index is 930. The van der Waals surface area contributed by atoms with Crippen LogP contribution in [0.4, 0.5) is 0 Å². The summed E-state index contributed by atoms with van der Waals surface area (Å²) >= 11 is 0. The molecule has 0 fully saturated rings. The molecule has 0 saturated heterocycles. The molecule has 2 N–H and O–H groups in total. The van der Waals surface area contributed by atoms with Gasteiger partial charge in [-0.2, -0.15) is 0 Å². The molecule has 2 aromatic carbocycles. The van der Waals surface area contributed by atoms with Crippen molar-refractivity contribution >= 4 is 21.9 Å². The second-order valence-corrected chi connectivity index (χ2v) is 6.76. The maximum Gasteiger partial charge on any atom is 0.200 e. The van der Waals surface area contributed by atoms with Crippen molar-refractivity contribution in [3.05, 3.63) is 52.7 Å². The number of rotatable bonds is 7. The van der Waals surface area contributed by atoms with E-state index in [1.54, 1.807) is 24.3 Å². The van der Waals surface area contributed by atoms with E-state index in [-0.39, 0.29) is 17.6 Å².